The molecule has 0 saturated heterocycles. The molecule has 0 aliphatic carbocycles. The maximum atomic E-state index is 13.7. The number of nitrogens with one attached hydrogen (secondary N) is 3. The number of hydrogen-bond donors (Lipinski definition) is 4. The quantitative estimate of drug-likeness (QED) is 0.0632. The number of nitrogens with two attached hydrogens (primary N) is 1. The molecule has 0 aliphatic heterocycles. The zero-order chi connectivity index (χ0) is 33.7. The lowest BCUT2D eigenvalue weighted by Crippen LogP contribution is -2.34. The summed E-state index contributed by atoms with van der Waals surface area (Å²) in [5.41, 5.74) is 8.22. The maximum Gasteiger partial charge on any atom is 0.240 e. The number of allylic oxidation sites excluding steroid dienone is 1. The highest BCUT2D eigenvalue weighted by atomic mass is 32.2. The van der Waals surface area contributed by atoms with Crippen molar-refractivity contribution >= 4 is 28.1 Å². The number of hydrogen-bond acceptors (Lipinski definition) is 6. The Hall–Kier alpha value is -4.26. The van der Waals surface area contributed by atoms with Gasteiger partial charge in [-0.1, -0.05) is 44.7 Å². The van der Waals surface area contributed by atoms with Gasteiger partial charge in [0.05, 0.1) is 16.8 Å². The molecule has 1 amide bonds. The Labute approximate surface area is 268 Å². The Morgan fingerprint density at radius 1 is 0.935 bits per heavy atom. The van der Waals surface area contributed by atoms with E-state index in [-0.39, 0.29) is 29.5 Å². The number of carbonyl (C=O) groups excluding carboxylic acids is 1. The molecule has 0 unspecified atom stereocenters. The molecule has 3 rings (SSSR count). The molecule has 8 nitrogen and oxygen atoms in total. The van der Waals surface area contributed by atoms with Crippen LogP contribution >= 0.6 is 0 Å². The van der Waals surface area contributed by atoms with Gasteiger partial charge in [-0.05, 0) is 90.5 Å². The number of rotatable bonds is 17. The first kappa shape index (κ1) is 36.2. The average Bonchev–Trinajstić information content (AvgIpc) is 3.03. The highest BCUT2D eigenvalue weighted by Gasteiger charge is 2.28. The monoisotopic (exact) mass is 655 g/mol. The van der Waals surface area contributed by atoms with Crippen molar-refractivity contribution in [2.75, 3.05) is 25.4 Å². The van der Waals surface area contributed by atoms with Gasteiger partial charge in [0.25, 0.3) is 0 Å². The van der Waals surface area contributed by atoms with Gasteiger partial charge in [0, 0.05) is 30.6 Å². The van der Waals surface area contributed by atoms with Crippen LogP contribution in [0.15, 0.2) is 107 Å². The first-order valence-corrected chi connectivity index (χ1v) is 16.3. The van der Waals surface area contributed by atoms with E-state index in [0.29, 0.717) is 48.3 Å². The fourth-order valence-corrected chi connectivity index (χ4v) is 5.86. The Balaban J connectivity index is 1.55. The highest BCUT2D eigenvalue weighted by molar-refractivity contribution is 7.89. The Kier molecular flexibility index (Phi) is 13.7. The predicted octanol–water partition coefficient (Wildman–Crippen LogP) is 5.81. The smallest absolute Gasteiger partial charge is 0.240 e. The second-order valence-corrected chi connectivity index (χ2v) is 12.8. The summed E-state index contributed by atoms with van der Waals surface area (Å²) < 4.78 is 67.5. The second-order valence-electron chi connectivity index (χ2n) is 11.1. The van der Waals surface area contributed by atoms with E-state index in [1.54, 1.807) is 31.2 Å². The van der Waals surface area contributed by atoms with Crippen molar-refractivity contribution in [1.29, 1.82) is 0 Å². The summed E-state index contributed by atoms with van der Waals surface area (Å²) in [6.07, 6.45) is 2.32. The molecule has 0 radical (unpaired) electrons. The van der Waals surface area contributed by atoms with Crippen LogP contribution in [0.3, 0.4) is 0 Å². The topological polar surface area (TPSA) is 126 Å². The molecule has 12 heteroatoms. The van der Waals surface area contributed by atoms with E-state index in [0.717, 1.165) is 0 Å². The number of amides is 1. The molecule has 0 bridgehead atoms. The maximum absolute atomic E-state index is 13.7. The molecular weight excluding hydrogens is 615 g/mol. The number of halogens is 3. The van der Waals surface area contributed by atoms with Crippen LogP contribution in [0.1, 0.15) is 43.7 Å². The summed E-state index contributed by atoms with van der Waals surface area (Å²) in [7, 11) is -3.64. The first-order chi connectivity index (χ1) is 21.9. The number of carbonyl (C=O) groups is 1. The van der Waals surface area contributed by atoms with E-state index in [4.69, 9.17) is 5.73 Å². The number of nitrogens with zero attached hydrogens (tertiary/aromatic N) is 1. The van der Waals surface area contributed by atoms with Crippen LogP contribution in [0.5, 0.6) is 0 Å². The minimum absolute atomic E-state index is 0.108. The molecule has 2 atom stereocenters. The van der Waals surface area contributed by atoms with Gasteiger partial charge in [0.1, 0.15) is 11.6 Å². The number of benzene rings is 3. The fraction of sp³-hybridized carbons (Fsp3) is 0.294. The van der Waals surface area contributed by atoms with E-state index in [2.05, 4.69) is 26.9 Å². The Morgan fingerprint density at radius 3 is 2.04 bits per heavy atom. The van der Waals surface area contributed by atoms with Crippen molar-refractivity contribution in [2.45, 2.75) is 37.5 Å². The highest BCUT2D eigenvalue weighted by Crippen LogP contribution is 2.33. The minimum Gasteiger partial charge on any atom is -0.399 e. The van der Waals surface area contributed by atoms with Gasteiger partial charge in [-0.15, -0.1) is 0 Å². The summed E-state index contributed by atoms with van der Waals surface area (Å²) in [6, 6.07) is 17.5. The van der Waals surface area contributed by atoms with Gasteiger partial charge >= 0.3 is 0 Å². The molecule has 0 fully saturated rings. The van der Waals surface area contributed by atoms with E-state index in [1.807, 2.05) is 6.92 Å². The zero-order valence-corrected chi connectivity index (χ0v) is 26.7. The average molecular weight is 656 g/mol. The van der Waals surface area contributed by atoms with Crippen LogP contribution in [0, 0.1) is 23.5 Å². The van der Waals surface area contributed by atoms with Crippen LogP contribution in [-0.4, -0.2) is 40.4 Å². The van der Waals surface area contributed by atoms with E-state index in [9.17, 15) is 26.4 Å². The number of aliphatic imine (C=N–C) groups is 1. The third kappa shape index (κ3) is 11.0. The van der Waals surface area contributed by atoms with Gasteiger partial charge in [0.15, 0.2) is 6.47 Å². The van der Waals surface area contributed by atoms with Gasteiger partial charge in [-0.3, -0.25) is 4.79 Å². The molecule has 246 valence electrons. The van der Waals surface area contributed by atoms with E-state index < -0.39 is 39.4 Å². The van der Waals surface area contributed by atoms with Crippen molar-refractivity contribution in [1.82, 2.24) is 15.4 Å². The largest absolute Gasteiger partial charge is 0.399 e. The molecule has 0 heterocycles. The summed E-state index contributed by atoms with van der Waals surface area (Å²) in [5.74, 6) is -2.31. The lowest BCUT2D eigenvalue weighted by Gasteiger charge is -2.25. The van der Waals surface area contributed by atoms with Crippen LogP contribution in [0.4, 0.5) is 18.9 Å². The predicted molar refractivity (Wildman–Crippen MR) is 176 cm³/mol. The molecule has 0 aliphatic rings. The van der Waals surface area contributed by atoms with E-state index in [1.165, 1.54) is 54.7 Å². The molecule has 46 heavy (non-hydrogen) atoms. The number of nitrogen functional groups attached to an aromatic ring is 1. The minimum atomic E-state index is -3.64. The third-order valence-corrected chi connectivity index (χ3v) is 8.96. The lowest BCUT2D eigenvalue weighted by atomic mass is 9.81. The standard InChI is InChI=1S/C34H40F3N5O3S/c1-23(20-39-18-19-41-46(44,45)31-16-14-30(38)15-17-31)4-5-24(2)32(21-40-22-35)42-34(43)25(3)33(26-6-10-28(36)11-7-26)27-8-12-29(37)13-9-27/h6-17,21-23,25,33,39,41H,2,4-5,18-20,38H2,1,3H3,(H,42,43)/b32-21+,40-22-/t23-,25+/m1/s1. The van der Waals surface area contributed by atoms with Crippen molar-refractivity contribution in [3.05, 3.63) is 120 Å². The molecule has 0 aromatic heterocycles. The second kappa shape index (κ2) is 17.4. The van der Waals surface area contributed by atoms with Crippen molar-refractivity contribution in [3.63, 3.8) is 0 Å². The number of sulfonamides is 1. The van der Waals surface area contributed by atoms with Crippen LogP contribution in [0.2, 0.25) is 0 Å². The molecule has 0 spiro atoms. The van der Waals surface area contributed by atoms with Crippen LogP contribution < -0.4 is 21.1 Å². The molecule has 5 N–H and O–H groups in total. The van der Waals surface area contributed by atoms with Gasteiger partial charge in [-0.25, -0.2) is 26.9 Å². The third-order valence-electron chi connectivity index (χ3n) is 7.49. The van der Waals surface area contributed by atoms with E-state index >= 15 is 0 Å². The van der Waals surface area contributed by atoms with Gasteiger partial charge in [-0.2, -0.15) is 4.39 Å². The lowest BCUT2D eigenvalue weighted by molar-refractivity contribution is -0.124. The number of anilines is 1. The van der Waals surface area contributed by atoms with Crippen molar-refractivity contribution in [3.8, 4) is 0 Å². The summed E-state index contributed by atoms with van der Waals surface area (Å²) in [5, 5.41) is 6.04. The molecular formula is C34H40F3N5O3S. The summed E-state index contributed by atoms with van der Waals surface area (Å²) in [4.78, 5) is 17.2. The van der Waals surface area contributed by atoms with Crippen LogP contribution in [0.25, 0.3) is 0 Å². The normalized spacial score (nSPS) is 13.6. The summed E-state index contributed by atoms with van der Waals surface area (Å²) >= 11 is 0. The zero-order valence-electron chi connectivity index (χ0n) is 25.8. The first-order valence-electron chi connectivity index (χ1n) is 14.8. The molecule has 3 aromatic carbocycles. The molecule has 0 saturated carbocycles. The fourth-order valence-electron chi connectivity index (χ4n) is 4.83. The van der Waals surface area contributed by atoms with Crippen molar-refractivity contribution < 1.29 is 26.4 Å². The Morgan fingerprint density at radius 2 is 1.50 bits per heavy atom. The van der Waals surface area contributed by atoms with Crippen molar-refractivity contribution in [2.24, 2.45) is 16.8 Å². The molecule has 3 aromatic rings. The SMILES string of the molecule is C=C(CC[C@@H](C)CNCCNS(=O)(=O)c1ccc(N)cc1)/C(=C\N=C/F)NC(=O)[C@@H](C)C(c1ccc(F)cc1)c1ccc(F)cc1. The Bertz CT molecular complexity index is 1570. The summed E-state index contributed by atoms with van der Waals surface area (Å²) in [6.45, 7) is 9.10. The van der Waals surface area contributed by atoms with Crippen LogP contribution in [-0.2, 0) is 14.8 Å². The van der Waals surface area contributed by atoms with Gasteiger partial charge in [0.2, 0.25) is 15.9 Å². The van der Waals surface area contributed by atoms with Gasteiger partial charge < -0.3 is 16.4 Å².